The first kappa shape index (κ1) is 24.0. The van der Waals surface area contributed by atoms with Crippen molar-refractivity contribution in [2.45, 2.75) is 38.8 Å². The molecule has 5 rings (SSSR count). The molecule has 1 aliphatic rings. The fraction of sp³-hybridized carbons (Fsp3) is 0.286. The second-order valence-corrected chi connectivity index (χ2v) is 9.43. The minimum Gasteiger partial charge on any atom is -0.361 e. The second kappa shape index (κ2) is 10.1. The van der Waals surface area contributed by atoms with Crippen LogP contribution in [-0.4, -0.2) is 37.3 Å². The first-order valence-corrected chi connectivity index (χ1v) is 12.1. The van der Waals surface area contributed by atoms with E-state index < -0.39 is 5.91 Å². The summed E-state index contributed by atoms with van der Waals surface area (Å²) in [4.78, 5) is 17.1. The van der Waals surface area contributed by atoms with E-state index in [4.69, 9.17) is 5.21 Å². The summed E-state index contributed by atoms with van der Waals surface area (Å²) in [6, 6.07) is 11.5. The molecule has 1 amide bonds. The van der Waals surface area contributed by atoms with Crippen molar-refractivity contribution >= 4 is 22.9 Å². The molecule has 186 valence electrons. The number of nitrogens with zero attached hydrogens (tertiary/aromatic N) is 3. The van der Waals surface area contributed by atoms with Crippen LogP contribution in [0.15, 0.2) is 54.9 Å². The number of hydrogen-bond donors (Lipinski definition) is 3. The number of fused-ring (bicyclic) bond motifs is 2. The SMILES string of the molecule is Cc1c(CN(CCc2c[nH]c3cc(F)ccc23)C2CCc3cc(/C=C/C(=O)NO)ccc32)cnn1C. The summed E-state index contributed by atoms with van der Waals surface area (Å²) in [6.45, 7) is 3.73. The van der Waals surface area contributed by atoms with E-state index in [1.54, 1.807) is 17.6 Å². The molecule has 8 heteroatoms. The van der Waals surface area contributed by atoms with E-state index in [0.29, 0.717) is 0 Å². The van der Waals surface area contributed by atoms with Crippen molar-refractivity contribution in [1.82, 2.24) is 25.1 Å². The van der Waals surface area contributed by atoms with Crippen molar-refractivity contribution in [2.24, 2.45) is 7.05 Å². The third kappa shape index (κ3) is 4.82. The standard InChI is InChI=1S/C28H30FN5O2/c1-18-22(16-31-33(18)2)17-34(12-11-21-15-30-26-14-23(29)6-8-24(21)26)27-9-5-20-13-19(3-7-25(20)27)4-10-28(35)32-36/h3-4,6-8,10,13-16,27,30,36H,5,9,11-12,17H2,1-2H3,(H,32,35)/b10-4+. The van der Waals surface area contributed by atoms with Crippen molar-refractivity contribution in [2.75, 3.05) is 6.54 Å². The van der Waals surface area contributed by atoms with Crippen molar-refractivity contribution in [3.05, 3.63) is 94.2 Å². The molecular formula is C28H30FN5O2. The summed E-state index contributed by atoms with van der Waals surface area (Å²) >= 11 is 0. The number of amides is 1. The van der Waals surface area contributed by atoms with Gasteiger partial charge in [0.2, 0.25) is 0 Å². The topological polar surface area (TPSA) is 86.2 Å². The summed E-state index contributed by atoms with van der Waals surface area (Å²) in [5, 5.41) is 14.2. The highest BCUT2D eigenvalue weighted by atomic mass is 19.1. The van der Waals surface area contributed by atoms with Crippen LogP contribution in [0.3, 0.4) is 0 Å². The third-order valence-electron chi connectivity index (χ3n) is 7.30. The lowest BCUT2D eigenvalue weighted by Gasteiger charge is -2.30. The highest BCUT2D eigenvalue weighted by Gasteiger charge is 2.29. The van der Waals surface area contributed by atoms with Crippen molar-refractivity contribution in [1.29, 1.82) is 0 Å². The molecule has 0 radical (unpaired) electrons. The van der Waals surface area contributed by atoms with E-state index in [1.165, 1.54) is 34.4 Å². The van der Waals surface area contributed by atoms with Gasteiger partial charge >= 0.3 is 0 Å². The number of nitrogens with one attached hydrogen (secondary N) is 2. The van der Waals surface area contributed by atoms with Gasteiger partial charge in [-0.25, -0.2) is 9.87 Å². The molecule has 0 bridgehead atoms. The molecule has 2 heterocycles. The molecule has 1 atom stereocenters. The van der Waals surface area contributed by atoms with Crippen LogP contribution in [0.25, 0.3) is 17.0 Å². The zero-order valence-electron chi connectivity index (χ0n) is 20.5. The van der Waals surface area contributed by atoms with E-state index in [9.17, 15) is 9.18 Å². The molecule has 7 nitrogen and oxygen atoms in total. The van der Waals surface area contributed by atoms with E-state index in [2.05, 4.69) is 34.0 Å². The van der Waals surface area contributed by atoms with Gasteiger partial charge in [0.1, 0.15) is 5.82 Å². The summed E-state index contributed by atoms with van der Waals surface area (Å²) < 4.78 is 15.6. The van der Waals surface area contributed by atoms with Gasteiger partial charge in [-0.1, -0.05) is 18.2 Å². The monoisotopic (exact) mass is 487 g/mol. The summed E-state index contributed by atoms with van der Waals surface area (Å²) in [5.41, 5.74) is 9.50. The Kier molecular flexibility index (Phi) is 6.71. The number of aryl methyl sites for hydroxylation is 2. The Labute approximate surface area is 209 Å². The van der Waals surface area contributed by atoms with Crippen LogP contribution in [0.2, 0.25) is 0 Å². The summed E-state index contributed by atoms with van der Waals surface area (Å²) in [5.74, 6) is -0.787. The first-order valence-electron chi connectivity index (χ1n) is 12.1. The Balaban J connectivity index is 1.41. The van der Waals surface area contributed by atoms with Crippen LogP contribution in [0, 0.1) is 12.7 Å². The Morgan fingerprint density at radius 3 is 2.94 bits per heavy atom. The Hall–Kier alpha value is -3.75. The average Bonchev–Trinajstić information content (AvgIpc) is 3.57. The smallest absolute Gasteiger partial charge is 0.267 e. The molecular weight excluding hydrogens is 457 g/mol. The van der Waals surface area contributed by atoms with Crippen LogP contribution in [0.5, 0.6) is 0 Å². The predicted molar refractivity (Wildman–Crippen MR) is 137 cm³/mol. The molecule has 0 aliphatic heterocycles. The van der Waals surface area contributed by atoms with Crippen LogP contribution in [-0.2, 0) is 31.2 Å². The molecule has 0 saturated heterocycles. The number of carbonyl (C=O) groups is 1. The fourth-order valence-corrected chi connectivity index (χ4v) is 5.20. The maximum Gasteiger partial charge on any atom is 0.267 e. The summed E-state index contributed by atoms with van der Waals surface area (Å²) in [6.07, 6.45) is 9.78. The van der Waals surface area contributed by atoms with E-state index in [0.717, 1.165) is 54.5 Å². The lowest BCUT2D eigenvalue weighted by atomic mass is 10.0. The zero-order valence-corrected chi connectivity index (χ0v) is 20.5. The van der Waals surface area contributed by atoms with Crippen molar-refractivity contribution in [3.8, 4) is 0 Å². The van der Waals surface area contributed by atoms with Gasteiger partial charge in [-0.2, -0.15) is 5.10 Å². The molecule has 3 N–H and O–H groups in total. The highest BCUT2D eigenvalue weighted by Crippen LogP contribution is 2.38. The summed E-state index contributed by atoms with van der Waals surface area (Å²) in [7, 11) is 1.96. The number of H-pyrrole nitrogens is 1. The fourth-order valence-electron chi connectivity index (χ4n) is 5.20. The molecule has 0 fully saturated rings. The molecule has 1 unspecified atom stereocenters. The van der Waals surface area contributed by atoms with Gasteiger partial charge in [-0.15, -0.1) is 0 Å². The number of benzene rings is 2. The lowest BCUT2D eigenvalue weighted by Crippen LogP contribution is -2.29. The van der Waals surface area contributed by atoms with Gasteiger partial charge in [-0.05, 0) is 72.7 Å². The van der Waals surface area contributed by atoms with E-state index >= 15 is 0 Å². The van der Waals surface area contributed by atoms with E-state index in [1.807, 2.05) is 36.3 Å². The number of aromatic nitrogens is 3. The van der Waals surface area contributed by atoms with Crippen LogP contribution < -0.4 is 5.48 Å². The maximum atomic E-state index is 13.7. The Bertz CT molecular complexity index is 1440. The van der Waals surface area contributed by atoms with Crippen molar-refractivity contribution < 1.29 is 14.4 Å². The molecule has 2 aromatic carbocycles. The molecule has 2 aromatic heterocycles. The van der Waals surface area contributed by atoms with Crippen LogP contribution in [0.1, 0.15) is 46.0 Å². The number of hydrogen-bond acceptors (Lipinski definition) is 4. The van der Waals surface area contributed by atoms with Gasteiger partial charge in [0.15, 0.2) is 0 Å². The van der Waals surface area contributed by atoms with Gasteiger partial charge in [0, 0.05) is 60.6 Å². The number of carbonyl (C=O) groups excluding carboxylic acids is 1. The maximum absolute atomic E-state index is 13.7. The normalized spacial score (nSPS) is 15.3. The molecule has 0 saturated carbocycles. The number of hydroxylamine groups is 1. The Morgan fingerprint density at radius 1 is 1.31 bits per heavy atom. The van der Waals surface area contributed by atoms with Crippen LogP contribution in [0.4, 0.5) is 4.39 Å². The molecule has 1 aliphatic carbocycles. The highest BCUT2D eigenvalue weighted by molar-refractivity contribution is 5.90. The average molecular weight is 488 g/mol. The Morgan fingerprint density at radius 2 is 2.17 bits per heavy atom. The van der Waals surface area contributed by atoms with Gasteiger partial charge in [-0.3, -0.25) is 19.6 Å². The second-order valence-electron chi connectivity index (χ2n) is 9.43. The quantitative estimate of drug-likeness (QED) is 0.193. The predicted octanol–water partition coefficient (Wildman–Crippen LogP) is 4.60. The number of aromatic amines is 1. The van der Waals surface area contributed by atoms with Gasteiger partial charge in [0.25, 0.3) is 5.91 Å². The largest absolute Gasteiger partial charge is 0.361 e. The number of rotatable bonds is 8. The molecule has 0 spiro atoms. The minimum atomic E-state index is -0.550. The minimum absolute atomic E-state index is 0.238. The van der Waals surface area contributed by atoms with E-state index in [-0.39, 0.29) is 11.9 Å². The zero-order chi connectivity index (χ0) is 25.2. The molecule has 4 aromatic rings. The van der Waals surface area contributed by atoms with Crippen molar-refractivity contribution in [3.63, 3.8) is 0 Å². The first-order chi connectivity index (χ1) is 17.4. The van der Waals surface area contributed by atoms with Gasteiger partial charge < -0.3 is 4.98 Å². The van der Waals surface area contributed by atoms with Gasteiger partial charge in [0.05, 0.1) is 6.20 Å². The lowest BCUT2D eigenvalue weighted by molar-refractivity contribution is -0.124. The van der Waals surface area contributed by atoms with Crippen LogP contribution >= 0.6 is 0 Å². The third-order valence-corrected chi connectivity index (χ3v) is 7.30. The molecule has 36 heavy (non-hydrogen) atoms. The number of halogens is 1.